The van der Waals surface area contributed by atoms with Gasteiger partial charge in [0.25, 0.3) is 0 Å². The Labute approximate surface area is 127 Å². The van der Waals surface area contributed by atoms with Gasteiger partial charge in [-0.25, -0.2) is 9.59 Å². The minimum atomic E-state index is -0.878. The van der Waals surface area contributed by atoms with Crippen molar-refractivity contribution in [1.29, 1.82) is 0 Å². The number of nitrogens with one attached hydrogen (secondary N) is 1. The maximum atomic E-state index is 12.3. The highest BCUT2D eigenvalue weighted by Crippen LogP contribution is 2.28. The maximum absolute atomic E-state index is 12.3. The van der Waals surface area contributed by atoms with Crippen molar-refractivity contribution in [2.75, 3.05) is 6.54 Å². The number of piperidine rings is 1. The van der Waals surface area contributed by atoms with Gasteiger partial charge in [0.2, 0.25) is 0 Å². The number of nitrogens with zero attached hydrogens (tertiary/aromatic N) is 1. The van der Waals surface area contributed by atoms with Gasteiger partial charge in [0, 0.05) is 12.6 Å². The summed E-state index contributed by atoms with van der Waals surface area (Å²) in [5.41, 5.74) is 0. The van der Waals surface area contributed by atoms with Crippen molar-refractivity contribution < 1.29 is 14.7 Å². The standard InChI is InChI=1S/C16H28N2O3/c1-2-5-12-7-9-13(10-8-12)17-16(21)18-11-4-3-6-14(18)15(19)20/h12-14H,2-11H2,1H3,(H,17,21)(H,19,20). The van der Waals surface area contributed by atoms with Crippen LogP contribution in [0.25, 0.3) is 0 Å². The molecule has 1 aliphatic heterocycles. The molecule has 0 spiro atoms. The van der Waals surface area contributed by atoms with E-state index in [0.29, 0.717) is 13.0 Å². The molecule has 0 aromatic carbocycles. The van der Waals surface area contributed by atoms with Gasteiger partial charge in [-0.2, -0.15) is 0 Å². The largest absolute Gasteiger partial charge is 0.480 e. The Morgan fingerprint density at radius 3 is 2.48 bits per heavy atom. The lowest BCUT2D eigenvalue weighted by molar-refractivity contribution is -0.143. The molecule has 1 saturated heterocycles. The van der Waals surface area contributed by atoms with E-state index in [1.54, 1.807) is 0 Å². The lowest BCUT2D eigenvalue weighted by Crippen LogP contribution is -2.54. The highest BCUT2D eigenvalue weighted by molar-refractivity contribution is 5.83. The van der Waals surface area contributed by atoms with E-state index in [1.165, 1.54) is 30.6 Å². The SMILES string of the molecule is CCCC1CCC(NC(=O)N2CCCCC2C(=O)O)CC1. The molecule has 21 heavy (non-hydrogen) atoms. The van der Waals surface area contributed by atoms with Crippen LogP contribution in [0.2, 0.25) is 0 Å². The van der Waals surface area contributed by atoms with Crippen LogP contribution in [0.1, 0.15) is 64.7 Å². The van der Waals surface area contributed by atoms with Crippen LogP contribution in [0.15, 0.2) is 0 Å². The maximum Gasteiger partial charge on any atom is 0.326 e. The van der Waals surface area contributed by atoms with E-state index in [9.17, 15) is 14.7 Å². The van der Waals surface area contributed by atoms with E-state index in [2.05, 4.69) is 12.2 Å². The Morgan fingerprint density at radius 1 is 1.14 bits per heavy atom. The third kappa shape index (κ3) is 4.35. The van der Waals surface area contributed by atoms with Gasteiger partial charge in [0.15, 0.2) is 0 Å². The van der Waals surface area contributed by atoms with Gasteiger partial charge in [-0.1, -0.05) is 19.8 Å². The average Bonchev–Trinajstić information content (AvgIpc) is 2.49. The summed E-state index contributed by atoms with van der Waals surface area (Å²) in [6.45, 7) is 2.78. The minimum absolute atomic E-state index is 0.180. The smallest absolute Gasteiger partial charge is 0.326 e. The number of likely N-dealkylation sites (tertiary alicyclic amines) is 1. The van der Waals surface area contributed by atoms with Crippen molar-refractivity contribution >= 4 is 12.0 Å². The molecule has 2 rings (SSSR count). The van der Waals surface area contributed by atoms with Gasteiger partial charge in [-0.3, -0.25) is 0 Å². The molecule has 2 aliphatic rings. The number of aliphatic carboxylic acids is 1. The van der Waals surface area contributed by atoms with E-state index in [0.717, 1.165) is 31.6 Å². The molecule has 1 atom stereocenters. The van der Waals surface area contributed by atoms with Gasteiger partial charge in [0.1, 0.15) is 6.04 Å². The van der Waals surface area contributed by atoms with Crippen molar-refractivity contribution in [3.05, 3.63) is 0 Å². The first-order valence-electron chi connectivity index (χ1n) is 8.41. The van der Waals surface area contributed by atoms with Crippen molar-refractivity contribution in [2.24, 2.45) is 5.92 Å². The van der Waals surface area contributed by atoms with Crippen molar-refractivity contribution in [3.63, 3.8) is 0 Å². The van der Waals surface area contributed by atoms with Crippen LogP contribution in [0.3, 0.4) is 0 Å². The van der Waals surface area contributed by atoms with Crippen molar-refractivity contribution in [2.45, 2.75) is 76.8 Å². The molecule has 0 aromatic heterocycles. The molecule has 120 valence electrons. The molecule has 2 amide bonds. The van der Waals surface area contributed by atoms with E-state index < -0.39 is 12.0 Å². The van der Waals surface area contributed by atoms with E-state index in [1.807, 2.05) is 0 Å². The number of amides is 2. The zero-order valence-corrected chi connectivity index (χ0v) is 13.0. The topological polar surface area (TPSA) is 69.6 Å². The van der Waals surface area contributed by atoms with Gasteiger partial charge < -0.3 is 15.3 Å². The first-order chi connectivity index (χ1) is 10.1. The minimum Gasteiger partial charge on any atom is -0.480 e. The molecule has 1 saturated carbocycles. The summed E-state index contributed by atoms with van der Waals surface area (Å²) in [5, 5.41) is 12.3. The summed E-state index contributed by atoms with van der Waals surface area (Å²) in [4.78, 5) is 25.1. The molecular weight excluding hydrogens is 268 g/mol. The molecule has 0 aromatic rings. The zero-order chi connectivity index (χ0) is 15.2. The number of urea groups is 1. The number of hydrogen-bond donors (Lipinski definition) is 2. The Hall–Kier alpha value is -1.26. The molecule has 5 heteroatoms. The molecule has 5 nitrogen and oxygen atoms in total. The van der Waals surface area contributed by atoms with Crippen LogP contribution in [-0.2, 0) is 4.79 Å². The zero-order valence-electron chi connectivity index (χ0n) is 13.0. The third-order valence-electron chi connectivity index (χ3n) is 4.92. The fraction of sp³-hybridized carbons (Fsp3) is 0.875. The van der Waals surface area contributed by atoms with Crippen LogP contribution in [-0.4, -0.2) is 40.6 Å². The Bertz CT molecular complexity index is 365. The second kappa shape index (κ2) is 7.66. The molecule has 2 fully saturated rings. The van der Waals surface area contributed by atoms with E-state index in [4.69, 9.17) is 0 Å². The Morgan fingerprint density at radius 2 is 1.86 bits per heavy atom. The van der Waals surface area contributed by atoms with Crippen molar-refractivity contribution in [3.8, 4) is 0 Å². The van der Waals surface area contributed by atoms with Crippen molar-refractivity contribution in [1.82, 2.24) is 10.2 Å². The number of carboxylic acid groups (broad SMARTS) is 1. The van der Waals surface area contributed by atoms with Gasteiger partial charge >= 0.3 is 12.0 Å². The predicted octanol–water partition coefficient (Wildman–Crippen LogP) is 2.99. The molecule has 0 bridgehead atoms. The number of rotatable bonds is 4. The van der Waals surface area contributed by atoms with Crippen LogP contribution in [0, 0.1) is 5.92 Å². The number of carbonyl (C=O) groups excluding carboxylic acids is 1. The lowest BCUT2D eigenvalue weighted by atomic mass is 9.83. The molecular formula is C16H28N2O3. The fourth-order valence-electron chi connectivity index (χ4n) is 3.69. The number of carboxylic acids is 1. The van der Waals surface area contributed by atoms with Gasteiger partial charge in [-0.15, -0.1) is 0 Å². The highest BCUT2D eigenvalue weighted by atomic mass is 16.4. The first-order valence-corrected chi connectivity index (χ1v) is 8.41. The first kappa shape index (κ1) is 16.1. The summed E-state index contributed by atoms with van der Waals surface area (Å²) in [6, 6.07) is -0.599. The van der Waals surface area contributed by atoms with Gasteiger partial charge in [-0.05, 0) is 50.9 Å². The summed E-state index contributed by atoms with van der Waals surface area (Å²) >= 11 is 0. The second-order valence-electron chi connectivity index (χ2n) is 6.50. The van der Waals surface area contributed by atoms with Crippen LogP contribution in [0.4, 0.5) is 4.79 Å². The molecule has 2 N–H and O–H groups in total. The second-order valence-corrected chi connectivity index (χ2v) is 6.50. The Kier molecular flexibility index (Phi) is 5.88. The molecule has 0 radical (unpaired) electrons. The van der Waals surface area contributed by atoms with E-state index in [-0.39, 0.29) is 12.1 Å². The average molecular weight is 296 g/mol. The van der Waals surface area contributed by atoms with Gasteiger partial charge in [0.05, 0.1) is 0 Å². The Balaban J connectivity index is 1.82. The monoisotopic (exact) mass is 296 g/mol. The predicted molar refractivity (Wildman–Crippen MR) is 81.2 cm³/mol. The molecule has 1 unspecified atom stereocenters. The van der Waals surface area contributed by atoms with Crippen LogP contribution >= 0.6 is 0 Å². The lowest BCUT2D eigenvalue weighted by Gasteiger charge is -2.35. The van der Waals surface area contributed by atoms with Crippen LogP contribution in [0.5, 0.6) is 0 Å². The molecule has 1 heterocycles. The van der Waals surface area contributed by atoms with E-state index >= 15 is 0 Å². The highest BCUT2D eigenvalue weighted by Gasteiger charge is 2.33. The summed E-state index contributed by atoms with van der Waals surface area (Å²) in [5.74, 6) is -0.0681. The van der Waals surface area contributed by atoms with Crippen LogP contribution < -0.4 is 5.32 Å². The normalized spacial score (nSPS) is 30.0. The summed E-state index contributed by atoms with van der Waals surface area (Å²) in [7, 11) is 0. The quantitative estimate of drug-likeness (QED) is 0.838. The number of carbonyl (C=O) groups is 2. The number of hydrogen-bond acceptors (Lipinski definition) is 2. The fourth-order valence-corrected chi connectivity index (χ4v) is 3.69. The third-order valence-corrected chi connectivity index (χ3v) is 4.92. The summed E-state index contributed by atoms with van der Waals surface area (Å²) < 4.78 is 0. The molecule has 1 aliphatic carbocycles. The summed E-state index contributed by atoms with van der Waals surface area (Å²) in [6.07, 6.45) is 9.31.